The van der Waals surface area contributed by atoms with E-state index in [0.717, 1.165) is 18.4 Å². The molecule has 2 atom stereocenters. The topological polar surface area (TPSA) is 157 Å². The van der Waals surface area contributed by atoms with Crippen LogP contribution in [0.1, 0.15) is 74.3 Å². The van der Waals surface area contributed by atoms with E-state index in [1.165, 1.54) is 35.3 Å². The second kappa shape index (κ2) is 12.5. The number of carbonyl (C=O) groups is 1. The Kier molecular flexibility index (Phi) is 8.43. The summed E-state index contributed by atoms with van der Waals surface area (Å²) in [5.74, 6) is 0.333. The number of ether oxygens (including phenoxy) is 1. The van der Waals surface area contributed by atoms with Crippen LogP contribution in [0.15, 0.2) is 66.3 Å². The molecule has 1 amide bonds. The zero-order chi connectivity index (χ0) is 35.3. The third-order valence-electron chi connectivity index (χ3n) is 9.80. The number of alkyl halides is 3. The van der Waals surface area contributed by atoms with E-state index in [2.05, 4.69) is 30.1 Å². The van der Waals surface area contributed by atoms with E-state index in [1.807, 2.05) is 18.7 Å². The molecule has 264 valence electrons. The Labute approximate surface area is 286 Å². The van der Waals surface area contributed by atoms with Gasteiger partial charge in [-0.3, -0.25) is 4.79 Å². The number of carbonyl (C=O) groups excluding carboxylic acids is 1. The van der Waals surface area contributed by atoms with Crippen LogP contribution >= 0.6 is 0 Å². The van der Waals surface area contributed by atoms with Crippen LogP contribution in [-0.2, 0) is 10.0 Å². The monoisotopic (exact) mass is 711 g/mol. The van der Waals surface area contributed by atoms with E-state index in [0.29, 0.717) is 24.6 Å². The summed E-state index contributed by atoms with van der Waals surface area (Å²) in [4.78, 5) is 33.3. The molecule has 1 aliphatic carbocycles. The van der Waals surface area contributed by atoms with Crippen molar-refractivity contribution in [3.05, 3.63) is 72.4 Å². The number of amides is 1. The second-order valence-electron chi connectivity index (χ2n) is 13.8. The fourth-order valence-corrected chi connectivity index (χ4v) is 7.79. The number of pyridine rings is 2. The van der Waals surface area contributed by atoms with Crippen molar-refractivity contribution in [2.24, 2.45) is 11.3 Å². The first kappa shape index (κ1) is 33.7. The number of fused-ring (bicyclic) bond motifs is 6. The van der Waals surface area contributed by atoms with Gasteiger partial charge >= 0.3 is 6.18 Å². The minimum absolute atomic E-state index is 0.0417. The smallest absolute Gasteiger partial charge is 0.394 e. The van der Waals surface area contributed by atoms with E-state index in [-0.39, 0.29) is 60.1 Å². The molecule has 3 aliphatic rings. The summed E-state index contributed by atoms with van der Waals surface area (Å²) >= 11 is 0. The van der Waals surface area contributed by atoms with Crippen molar-refractivity contribution in [2.45, 2.75) is 75.2 Å². The van der Waals surface area contributed by atoms with Gasteiger partial charge in [0.05, 0.1) is 23.6 Å². The molecular weight excluding hydrogens is 675 g/mol. The molecule has 13 nitrogen and oxygen atoms in total. The van der Waals surface area contributed by atoms with Crippen LogP contribution in [0.25, 0.3) is 5.82 Å². The van der Waals surface area contributed by atoms with Crippen LogP contribution in [0, 0.1) is 11.3 Å². The Morgan fingerprint density at radius 1 is 1.04 bits per heavy atom. The standard InChI is InChI=1S/C33H36F3N9O4S/c1-31(2)16-21-6-8-24(22-17-37-20-38-18-22)39-25-4-3-5-28(40-25)50(47,48)43-30(46)23-7-9-26(41-29(23)44(31)19-21)45-14-10-27(42-45)49-15-13-32(11-12-32)33(34,35)36/h3-5,7,9-10,14,17-18,20-21,24H,6,8,11-13,15-16,19H2,1-2H3,(H,39,40)(H,43,46)/t21-,24?/m0/s1. The number of aromatic nitrogens is 6. The lowest BCUT2D eigenvalue weighted by Crippen LogP contribution is -2.41. The summed E-state index contributed by atoms with van der Waals surface area (Å²) in [7, 11) is -4.41. The van der Waals surface area contributed by atoms with Gasteiger partial charge in [-0.1, -0.05) is 6.07 Å². The normalized spacial score (nSPS) is 22.3. The summed E-state index contributed by atoms with van der Waals surface area (Å²) < 4.78 is 76.2. The first-order valence-electron chi connectivity index (χ1n) is 16.3. The Morgan fingerprint density at radius 2 is 1.82 bits per heavy atom. The SMILES string of the molecule is CC1(C)C[C@@H]2CCC(c3cncnc3)Nc3cccc(n3)S(=O)(=O)NC(=O)c3ccc(-n4ccc(OCCC5(C(F)(F)F)CC5)n4)nc3N1C2. The van der Waals surface area contributed by atoms with Crippen LogP contribution in [-0.4, -0.2) is 68.9 Å². The lowest BCUT2D eigenvalue weighted by atomic mass is 9.91. The van der Waals surface area contributed by atoms with Crippen molar-refractivity contribution < 1.29 is 31.1 Å². The number of hydrogen-bond donors (Lipinski definition) is 2. The van der Waals surface area contributed by atoms with Crippen LogP contribution in [0.5, 0.6) is 5.88 Å². The number of nitrogens with one attached hydrogen (secondary N) is 2. The highest BCUT2D eigenvalue weighted by atomic mass is 32.2. The summed E-state index contributed by atoms with van der Waals surface area (Å²) in [6.45, 7) is 4.49. The number of halogens is 3. The number of nitrogens with zero attached hydrogens (tertiary/aromatic N) is 7. The van der Waals surface area contributed by atoms with Gasteiger partial charge in [-0.25, -0.2) is 29.3 Å². The Morgan fingerprint density at radius 3 is 2.56 bits per heavy atom. The Balaban J connectivity index is 1.21. The average molecular weight is 712 g/mol. The minimum Gasteiger partial charge on any atom is -0.477 e. The highest BCUT2D eigenvalue weighted by molar-refractivity contribution is 7.90. The highest BCUT2D eigenvalue weighted by Gasteiger charge is 2.62. The molecule has 2 N–H and O–H groups in total. The van der Waals surface area contributed by atoms with Crippen LogP contribution in [0.4, 0.5) is 24.8 Å². The molecule has 6 heterocycles. The first-order chi connectivity index (χ1) is 23.7. The molecule has 1 saturated carbocycles. The summed E-state index contributed by atoms with van der Waals surface area (Å²) in [6.07, 6.45) is 4.42. The summed E-state index contributed by atoms with van der Waals surface area (Å²) in [6, 6.07) is 8.79. The number of rotatable bonds is 6. The van der Waals surface area contributed by atoms with Crippen molar-refractivity contribution in [3.63, 3.8) is 0 Å². The van der Waals surface area contributed by atoms with Gasteiger partial charge in [-0.15, -0.1) is 5.10 Å². The average Bonchev–Trinajstić information content (AvgIpc) is 3.63. The van der Waals surface area contributed by atoms with Gasteiger partial charge in [0.1, 0.15) is 18.0 Å². The van der Waals surface area contributed by atoms with Crippen molar-refractivity contribution in [1.29, 1.82) is 0 Å². The van der Waals surface area contributed by atoms with Gasteiger partial charge in [0, 0.05) is 42.3 Å². The van der Waals surface area contributed by atoms with E-state index in [1.54, 1.807) is 30.7 Å². The lowest BCUT2D eigenvalue weighted by Gasteiger charge is -2.34. The van der Waals surface area contributed by atoms with E-state index < -0.39 is 33.1 Å². The number of sulfonamides is 1. The Bertz CT molecular complexity index is 2000. The van der Waals surface area contributed by atoms with Crippen LogP contribution in [0.2, 0.25) is 0 Å². The van der Waals surface area contributed by atoms with Crippen molar-refractivity contribution in [1.82, 2.24) is 34.4 Å². The molecule has 4 bridgehead atoms. The molecule has 0 spiro atoms. The third kappa shape index (κ3) is 6.69. The fraction of sp³-hybridized carbons (Fsp3) is 0.455. The highest BCUT2D eigenvalue weighted by Crippen LogP contribution is 2.59. The zero-order valence-electron chi connectivity index (χ0n) is 27.4. The second-order valence-corrected chi connectivity index (χ2v) is 15.4. The molecule has 0 aromatic carbocycles. The van der Waals surface area contributed by atoms with Gasteiger partial charge in [0.15, 0.2) is 10.8 Å². The third-order valence-corrected chi connectivity index (χ3v) is 11.0. The number of hydrogen-bond acceptors (Lipinski definition) is 11. The molecule has 2 fully saturated rings. The van der Waals surface area contributed by atoms with E-state index in [4.69, 9.17) is 9.72 Å². The van der Waals surface area contributed by atoms with E-state index in [9.17, 15) is 26.4 Å². The predicted octanol–water partition coefficient (Wildman–Crippen LogP) is 5.23. The molecule has 1 saturated heterocycles. The van der Waals surface area contributed by atoms with E-state index >= 15 is 0 Å². The van der Waals surface area contributed by atoms with Crippen LogP contribution in [0.3, 0.4) is 0 Å². The summed E-state index contributed by atoms with van der Waals surface area (Å²) in [5.41, 5.74) is -1.29. The maximum atomic E-state index is 13.8. The first-order valence-corrected chi connectivity index (χ1v) is 17.8. The fourth-order valence-electron chi connectivity index (χ4n) is 6.86. The maximum Gasteiger partial charge on any atom is 0.394 e. The molecule has 50 heavy (non-hydrogen) atoms. The molecule has 17 heteroatoms. The minimum atomic E-state index is -4.41. The lowest BCUT2D eigenvalue weighted by molar-refractivity contribution is -0.190. The van der Waals surface area contributed by atoms with Crippen molar-refractivity contribution >= 4 is 27.6 Å². The molecule has 1 unspecified atom stereocenters. The van der Waals surface area contributed by atoms with Crippen molar-refractivity contribution in [3.8, 4) is 11.7 Å². The largest absolute Gasteiger partial charge is 0.477 e. The van der Waals surface area contributed by atoms with Gasteiger partial charge in [0.25, 0.3) is 15.9 Å². The number of anilines is 2. The van der Waals surface area contributed by atoms with Gasteiger partial charge in [-0.2, -0.15) is 21.6 Å². The molecule has 7 rings (SSSR count). The van der Waals surface area contributed by atoms with Crippen molar-refractivity contribution in [2.75, 3.05) is 23.4 Å². The molecule has 4 aromatic heterocycles. The Hall–Kier alpha value is -4.80. The van der Waals surface area contributed by atoms with Gasteiger partial charge in [0.2, 0.25) is 5.88 Å². The molecule has 4 aromatic rings. The van der Waals surface area contributed by atoms with Gasteiger partial charge < -0.3 is 15.0 Å². The van der Waals surface area contributed by atoms with Crippen LogP contribution < -0.4 is 19.7 Å². The van der Waals surface area contributed by atoms with Gasteiger partial charge in [-0.05, 0) is 82.6 Å². The molecule has 0 radical (unpaired) electrons. The zero-order valence-corrected chi connectivity index (χ0v) is 28.2. The molecular formula is C33H36F3N9O4S. The molecule has 2 aliphatic heterocycles. The maximum absolute atomic E-state index is 13.8. The quantitative estimate of drug-likeness (QED) is 0.270. The summed E-state index contributed by atoms with van der Waals surface area (Å²) in [5, 5.41) is 7.37. The predicted molar refractivity (Wildman–Crippen MR) is 175 cm³/mol.